The van der Waals surface area contributed by atoms with Gasteiger partial charge < -0.3 is 14.6 Å². The number of anilines is 1. The molecule has 3 rings (SSSR count). The molecule has 1 N–H and O–H groups in total. The summed E-state index contributed by atoms with van der Waals surface area (Å²) in [6.45, 7) is 1.09. The molecule has 0 bridgehead atoms. The van der Waals surface area contributed by atoms with Gasteiger partial charge in [-0.2, -0.15) is 0 Å². The summed E-state index contributed by atoms with van der Waals surface area (Å²) in [5.41, 5.74) is -0.664. The molecule has 5 nitrogen and oxygen atoms in total. The van der Waals surface area contributed by atoms with E-state index in [-0.39, 0.29) is 5.56 Å². The Hall–Kier alpha value is -1.36. The van der Waals surface area contributed by atoms with E-state index in [4.69, 9.17) is 0 Å². The van der Waals surface area contributed by atoms with E-state index >= 15 is 0 Å². The summed E-state index contributed by atoms with van der Waals surface area (Å²) >= 11 is 0. The van der Waals surface area contributed by atoms with Crippen molar-refractivity contribution in [1.82, 2.24) is 9.55 Å². The van der Waals surface area contributed by atoms with E-state index < -0.39 is 5.60 Å². The van der Waals surface area contributed by atoms with Crippen LogP contribution in [0.5, 0.6) is 0 Å². The quantitative estimate of drug-likeness (QED) is 0.747. The number of aryl methyl sites for hydroxylation is 1. The molecule has 2 fully saturated rings. The zero-order valence-corrected chi connectivity index (χ0v) is 9.26. The highest BCUT2D eigenvalue weighted by atomic mass is 16.3. The van der Waals surface area contributed by atoms with Crippen molar-refractivity contribution in [2.75, 3.05) is 18.0 Å². The summed E-state index contributed by atoms with van der Waals surface area (Å²) < 4.78 is 1.51. The fourth-order valence-corrected chi connectivity index (χ4v) is 2.34. The molecule has 2 heterocycles. The minimum Gasteiger partial charge on any atom is -0.386 e. The molecule has 1 aliphatic carbocycles. The standard InChI is InChI=1S/C11H15N3O2/c1-13-5-4-12-9(10(13)15)14-6-11(16,7-14)8-2-3-8/h4-5,8,16H,2-3,6-7H2,1H3. The van der Waals surface area contributed by atoms with Crippen LogP contribution >= 0.6 is 0 Å². The Morgan fingerprint density at radius 3 is 2.81 bits per heavy atom. The third-order valence-corrected chi connectivity index (χ3v) is 3.56. The fourth-order valence-electron chi connectivity index (χ4n) is 2.34. The number of nitrogens with zero attached hydrogens (tertiary/aromatic N) is 3. The second-order valence-electron chi connectivity index (χ2n) is 4.90. The van der Waals surface area contributed by atoms with Crippen LogP contribution in [0.15, 0.2) is 17.2 Å². The van der Waals surface area contributed by atoms with Crippen LogP contribution in [-0.4, -0.2) is 33.3 Å². The van der Waals surface area contributed by atoms with Crippen molar-refractivity contribution in [3.8, 4) is 0 Å². The maximum Gasteiger partial charge on any atom is 0.293 e. The van der Waals surface area contributed by atoms with Crippen LogP contribution in [0.2, 0.25) is 0 Å². The van der Waals surface area contributed by atoms with Crippen molar-refractivity contribution in [2.45, 2.75) is 18.4 Å². The van der Waals surface area contributed by atoms with Gasteiger partial charge in [-0.3, -0.25) is 4.79 Å². The molecule has 2 aliphatic rings. The molecule has 0 unspecified atom stereocenters. The molecule has 86 valence electrons. The minimum atomic E-state index is -0.567. The largest absolute Gasteiger partial charge is 0.386 e. The minimum absolute atomic E-state index is 0.0969. The molecule has 16 heavy (non-hydrogen) atoms. The highest BCUT2D eigenvalue weighted by Crippen LogP contribution is 2.44. The van der Waals surface area contributed by atoms with Crippen LogP contribution < -0.4 is 10.5 Å². The first-order valence-electron chi connectivity index (χ1n) is 5.59. The van der Waals surface area contributed by atoms with E-state index in [9.17, 15) is 9.90 Å². The summed E-state index contributed by atoms with van der Waals surface area (Å²) in [7, 11) is 1.71. The average Bonchev–Trinajstić information content (AvgIpc) is 3.01. The normalized spacial score (nSPS) is 23.0. The van der Waals surface area contributed by atoms with Gasteiger partial charge in [0.05, 0.1) is 13.1 Å². The molecular formula is C11H15N3O2. The average molecular weight is 221 g/mol. The van der Waals surface area contributed by atoms with Crippen molar-refractivity contribution in [2.24, 2.45) is 13.0 Å². The number of β-amino-alcohol motifs (C(OH)–C–C–N with tert-alkyl or cyclic N) is 1. The van der Waals surface area contributed by atoms with Crippen LogP contribution in [0.1, 0.15) is 12.8 Å². The van der Waals surface area contributed by atoms with Crippen LogP contribution in [0, 0.1) is 5.92 Å². The smallest absolute Gasteiger partial charge is 0.293 e. The van der Waals surface area contributed by atoms with E-state index in [1.165, 1.54) is 4.57 Å². The van der Waals surface area contributed by atoms with Gasteiger partial charge in [-0.05, 0) is 18.8 Å². The van der Waals surface area contributed by atoms with E-state index in [1.54, 1.807) is 19.4 Å². The van der Waals surface area contributed by atoms with Crippen LogP contribution in [-0.2, 0) is 7.05 Å². The lowest BCUT2D eigenvalue weighted by molar-refractivity contribution is -0.00992. The van der Waals surface area contributed by atoms with Gasteiger partial charge in [-0.1, -0.05) is 0 Å². The molecule has 0 atom stereocenters. The predicted octanol–water partition coefficient (Wildman–Crippen LogP) is -0.259. The second kappa shape index (κ2) is 3.07. The van der Waals surface area contributed by atoms with Gasteiger partial charge in [0.2, 0.25) is 0 Å². The van der Waals surface area contributed by atoms with Gasteiger partial charge in [0.1, 0.15) is 5.60 Å². The Labute approximate surface area is 93.3 Å². The van der Waals surface area contributed by atoms with E-state index in [0.29, 0.717) is 24.8 Å². The SMILES string of the molecule is Cn1ccnc(N2CC(O)(C3CC3)C2)c1=O. The summed E-state index contributed by atoms with van der Waals surface area (Å²) in [4.78, 5) is 17.7. The Morgan fingerprint density at radius 2 is 2.19 bits per heavy atom. The Kier molecular flexibility index (Phi) is 1.89. The lowest BCUT2D eigenvalue weighted by Gasteiger charge is -2.47. The van der Waals surface area contributed by atoms with Crippen LogP contribution in [0.4, 0.5) is 5.82 Å². The predicted molar refractivity (Wildman–Crippen MR) is 59.4 cm³/mol. The number of aromatic nitrogens is 2. The molecule has 1 aliphatic heterocycles. The number of rotatable bonds is 2. The number of hydrogen-bond donors (Lipinski definition) is 1. The summed E-state index contributed by atoms with van der Waals surface area (Å²) in [5, 5.41) is 10.2. The molecule has 1 aromatic rings. The zero-order valence-electron chi connectivity index (χ0n) is 9.26. The van der Waals surface area contributed by atoms with Gasteiger partial charge in [0.25, 0.3) is 5.56 Å². The molecule has 1 aromatic heterocycles. The summed E-state index contributed by atoms with van der Waals surface area (Å²) in [6, 6.07) is 0. The van der Waals surface area contributed by atoms with Crippen molar-refractivity contribution in [1.29, 1.82) is 0 Å². The van der Waals surface area contributed by atoms with Crippen molar-refractivity contribution in [3.05, 3.63) is 22.7 Å². The first-order chi connectivity index (χ1) is 7.60. The lowest BCUT2D eigenvalue weighted by Crippen LogP contribution is -2.64. The first kappa shape index (κ1) is 9.84. The molecule has 1 saturated carbocycles. The second-order valence-corrected chi connectivity index (χ2v) is 4.90. The van der Waals surface area contributed by atoms with Gasteiger partial charge in [0.15, 0.2) is 5.82 Å². The van der Waals surface area contributed by atoms with Crippen molar-refractivity contribution in [3.63, 3.8) is 0 Å². The van der Waals surface area contributed by atoms with Gasteiger partial charge in [-0.15, -0.1) is 0 Å². The molecule has 0 amide bonds. The molecule has 1 saturated heterocycles. The molecule has 0 aromatic carbocycles. The van der Waals surface area contributed by atoms with Crippen molar-refractivity contribution < 1.29 is 5.11 Å². The summed E-state index contributed by atoms with van der Waals surface area (Å²) in [6.07, 6.45) is 5.49. The topological polar surface area (TPSA) is 58.4 Å². The van der Waals surface area contributed by atoms with E-state index in [0.717, 1.165) is 12.8 Å². The fraction of sp³-hybridized carbons (Fsp3) is 0.636. The van der Waals surface area contributed by atoms with Crippen LogP contribution in [0.3, 0.4) is 0 Å². The molecule has 0 radical (unpaired) electrons. The Balaban J connectivity index is 1.81. The van der Waals surface area contributed by atoms with Gasteiger partial charge in [-0.25, -0.2) is 4.98 Å². The maximum absolute atomic E-state index is 11.8. The Morgan fingerprint density at radius 1 is 1.50 bits per heavy atom. The highest BCUT2D eigenvalue weighted by molar-refractivity contribution is 5.42. The van der Waals surface area contributed by atoms with E-state index in [2.05, 4.69) is 4.98 Å². The lowest BCUT2D eigenvalue weighted by atomic mass is 9.89. The monoisotopic (exact) mass is 221 g/mol. The zero-order chi connectivity index (χ0) is 11.3. The Bertz CT molecular complexity index is 472. The van der Waals surface area contributed by atoms with Crippen molar-refractivity contribution >= 4 is 5.82 Å². The maximum atomic E-state index is 11.8. The third kappa shape index (κ3) is 1.35. The number of hydrogen-bond acceptors (Lipinski definition) is 4. The molecule has 0 spiro atoms. The third-order valence-electron chi connectivity index (χ3n) is 3.56. The van der Waals surface area contributed by atoms with Gasteiger partial charge in [0, 0.05) is 19.4 Å². The highest BCUT2D eigenvalue weighted by Gasteiger charge is 2.52. The summed E-state index contributed by atoms with van der Waals surface area (Å²) in [5.74, 6) is 0.895. The van der Waals surface area contributed by atoms with Gasteiger partial charge >= 0.3 is 0 Å². The van der Waals surface area contributed by atoms with Crippen LogP contribution in [0.25, 0.3) is 0 Å². The molecule has 5 heteroatoms. The number of aliphatic hydroxyl groups is 1. The first-order valence-corrected chi connectivity index (χ1v) is 5.59. The molecular weight excluding hydrogens is 206 g/mol. The van der Waals surface area contributed by atoms with E-state index in [1.807, 2.05) is 4.90 Å².